The number of carbonyl (C=O) groups excluding carboxylic acids is 2. The molecule has 148 valence electrons. The predicted molar refractivity (Wildman–Crippen MR) is 100 cm³/mol. The van der Waals surface area contributed by atoms with Crippen LogP contribution < -0.4 is 5.32 Å². The molecule has 1 aliphatic heterocycles. The molecule has 1 aromatic rings. The highest BCUT2D eigenvalue weighted by Gasteiger charge is 2.40. The predicted octanol–water partition coefficient (Wildman–Crippen LogP) is 1.95. The Morgan fingerprint density at radius 2 is 1.85 bits per heavy atom. The van der Waals surface area contributed by atoms with E-state index in [1.165, 1.54) is 19.3 Å². The van der Waals surface area contributed by atoms with Gasteiger partial charge in [0.15, 0.2) is 0 Å². The summed E-state index contributed by atoms with van der Waals surface area (Å²) in [5.74, 6) is 0.114. The van der Waals surface area contributed by atoms with Crippen molar-refractivity contribution in [3.63, 3.8) is 0 Å². The van der Waals surface area contributed by atoms with Gasteiger partial charge in [-0.05, 0) is 38.5 Å². The normalized spacial score (nSPS) is 29.2. The van der Waals surface area contributed by atoms with Gasteiger partial charge >= 0.3 is 0 Å². The second-order valence-electron chi connectivity index (χ2n) is 8.38. The van der Waals surface area contributed by atoms with Crippen molar-refractivity contribution in [2.45, 2.75) is 75.9 Å². The first kappa shape index (κ1) is 18.5. The molecule has 0 unspecified atom stereocenters. The van der Waals surface area contributed by atoms with Crippen LogP contribution in [0.3, 0.4) is 0 Å². The molecule has 1 aromatic heterocycles. The third-order valence-corrected chi connectivity index (χ3v) is 6.54. The number of nitrogens with one attached hydrogen (secondary N) is 2. The van der Waals surface area contributed by atoms with E-state index in [4.69, 9.17) is 0 Å². The highest BCUT2D eigenvalue weighted by molar-refractivity contribution is 5.95. The zero-order chi connectivity index (χ0) is 18.8. The number of aliphatic hydroxyl groups excluding tert-OH is 1. The monoisotopic (exact) mass is 374 g/mol. The lowest BCUT2D eigenvalue weighted by atomic mass is 9.85. The average Bonchev–Trinajstić information content (AvgIpc) is 3.43. The van der Waals surface area contributed by atoms with E-state index < -0.39 is 6.10 Å². The first-order chi connectivity index (χ1) is 13.1. The Morgan fingerprint density at radius 1 is 1.11 bits per heavy atom. The third kappa shape index (κ3) is 3.88. The van der Waals surface area contributed by atoms with Crippen LogP contribution in [0.5, 0.6) is 0 Å². The van der Waals surface area contributed by atoms with Crippen molar-refractivity contribution in [3.05, 3.63) is 17.5 Å². The van der Waals surface area contributed by atoms with E-state index in [1.807, 2.05) is 4.90 Å². The van der Waals surface area contributed by atoms with Crippen molar-refractivity contribution < 1.29 is 14.7 Å². The van der Waals surface area contributed by atoms with Gasteiger partial charge in [0.1, 0.15) is 0 Å². The third-order valence-electron chi connectivity index (χ3n) is 6.54. The van der Waals surface area contributed by atoms with Crippen molar-refractivity contribution in [3.8, 4) is 0 Å². The summed E-state index contributed by atoms with van der Waals surface area (Å²) < 4.78 is 0. The van der Waals surface area contributed by atoms with Gasteiger partial charge in [-0.1, -0.05) is 19.3 Å². The fraction of sp³-hybridized carbons (Fsp3) is 0.750. The molecule has 1 saturated heterocycles. The number of aromatic nitrogens is 2. The molecule has 0 bridgehead atoms. The topological polar surface area (TPSA) is 98.3 Å². The van der Waals surface area contributed by atoms with Crippen LogP contribution in [0.1, 0.15) is 79.8 Å². The van der Waals surface area contributed by atoms with Crippen LogP contribution in [0, 0.1) is 5.92 Å². The molecule has 2 amide bonds. The number of H-pyrrole nitrogens is 1. The summed E-state index contributed by atoms with van der Waals surface area (Å²) in [6.07, 6.45) is 9.79. The SMILES string of the molecule is O=C(N[C@@H]1C[C@H](C(=O)N2CCCC2)C[C@H]1O)c1cn[nH]c1C1CCCCC1. The Hall–Kier alpha value is -1.89. The summed E-state index contributed by atoms with van der Waals surface area (Å²) >= 11 is 0. The molecule has 27 heavy (non-hydrogen) atoms. The van der Waals surface area contributed by atoms with Gasteiger partial charge in [0.05, 0.1) is 29.6 Å². The lowest BCUT2D eigenvalue weighted by Crippen LogP contribution is -2.40. The largest absolute Gasteiger partial charge is 0.391 e. The quantitative estimate of drug-likeness (QED) is 0.750. The van der Waals surface area contributed by atoms with Gasteiger partial charge in [-0.25, -0.2) is 0 Å². The second kappa shape index (κ2) is 8.00. The van der Waals surface area contributed by atoms with Gasteiger partial charge < -0.3 is 15.3 Å². The fourth-order valence-corrected chi connectivity index (χ4v) is 4.99. The Balaban J connectivity index is 1.38. The van der Waals surface area contributed by atoms with Crippen molar-refractivity contribution in [2.75, 3.05) is 13.1 Å². The summed E-state index contributed by atoms with van der Waals surface area (Å²) in [4.78, 5) is 27.3. The number of amides is 2. The molecule has 0 spiro atoms. The average molecular weight is 374 g/mol. The summed E-state index contributed by atoms with van der Waals surface area (Å²) in [6.45, 7) is 1.64. The summed E-state index contributed by atoms with van der Waals surface area (Å²) in [6, 6.07) is -0.372. The van der Waals surface area contributed by atoms with Crippen LogP contribution in [-0.2, 0) is 4.79 Å². The van der Waals surface area contributed by atoms with Crippen LogP contribution in [0.2, 0.25) is 0 Å². The number of hydrogen-bond acceptors (Lipinski definition) is 4. The zero-order valence-electron chi connectivity index (χ0n) is 15.8. The number of aromatic amines is 1. The van der Waals surface area contributed by atoms with Gasteiger partial charge in [0.2, 0.25) is 5.91 Å². The van der Waals surface area contributed by atoms with Crippen LogP contribution in [-0.4, -0.2) is 57.3 Å². The highest BCUT2D eigenvalue weighted by Crippen LogP contribution is 2.34. The van der Waals surface area contributed by atoms with Crippen molar-refractivity contribution in [1.29, 1.82) is 0 Å². The molecule has 2 saturated carbocycles. The molecule has 7 heteroatoms. The number of hydrogen-bond donors (Lipinski definition) is 3. The maximum absolute atomic E-state index is 12.8. The Bertz CT molecular complexity index is 677. The molecule has 2 aliphatic carbocycles. The minimum Gasteiger partial charge on any atom is -0.391 e. The number of likely N-dealkylation sites (tertiary alicyclic amines) is 1. The first-order valence-electron chi connectivity index (χ1n) is 10.4. The maximum Gasteiger partial charge on any atom is 0.255 e. The molecular weight excluding hydrogens is 344 g/mol. The van der Waals surface area contributed by atoms with E-state index in [9.17, 15) is 14.7 Å². The number of rotatable bonds is 4. The van der Waals surface area contributed by atoms with E-state index >= 15 is 0 Å². The lowest BCUT2D eigenvalue weighted by molar-refractivity contribution is -0.134. The molecule has 3 N–H and O–H groups in total. The Labute approximate surface area is 159 Å². The van der Waals surface area contributed by atoms with Gasteiger partial charge in [0.25, 0.3) is 5.91 Å². The number of aliphatic hydroxyl groups is 1. The van der Waals surface area contributed by atoms with E-state index in [0.29, 0.717) is 24.3 Å². The minimum absolute atomic E-state index is 0.134. The zero-order valence-corrected chi connectivity index (χ0v) is 15.8. The smallest absolute Gasteiger partial charge is 0.255 e. The second-order valence-corrected chi connectivity index (χ2v) is 8.38. The summed E-state index contributed by atoms with van der Waals surface area (Å²) in [5, 5.41) is 20.5. The van der Waals surface area contributed by atoms with Gasteiger partial charge in [0, 0.05) is 24.9 Å². The maximum atomic E-state index is 12.8. The summed E-state index contributed by atoms with van der Waals surface area (Å²) in [7, 11) is 0. The van der Waals surface area contributed by atoms with Crippen LogP contribution in [0.15, 0.2) is 6.20 Å². The standard InChI is InChI=1S/C20H30N4O3/c25-17-11-14(20(27)24-8-4-5-9-24)10-16(17)22-19(26)15-12-21-23-18(15)13-6-2-1-3-7-13/h12-14,16-17,25H,1-11H2,(H,21,23)(H,22,26)/t14-,16+,17+/m0/s1. The van der Waals surface area contributed by atoms with E-state index in [2.05, 4.69) is 15.5 Å². The van der Waals surface area contributed by atoms with E-state index in [1.54, 1.807) is 6.20 Å². The van der Waals surface area contributed by atoms with Crippen molar-refractivity contribution >= 4 is 11.8 Å². The molecule has 0 radical (unpaired) electrons. The Kier molecular flexibility index (Phi) is 5.48. The van der Waals surface area contributed by atoms with Crippen LogP contribution in [0.25, 0.3) is 0 Å². The molecule has 3 atom stereocenters. The lowest BCUT2D eigenvalue weighted by Gasteiger charge is -2.22. The molecule has 0 aromatic carbocycles. The number of nitrogens with zero attached hydrogens (tertiary/aromatic N) is 2. The van der Waals surface area contributed by atoms with Crippen LogP contribution >= 0.6 is 0 Å². The van der Waals surface area contributed by atoms with Crippen molar-refractivity contribution in [1.82, 2.24) is 20.4 Å². The molecule has 3 fully saturated rings. The highest BCUT2D eigenvalue weighted by atomic mass is 16.3. The molecule has 3 aliphatic rings. The molecule has 4 rings (SSSR count). The van der Waals surface area contributed by atoms with Crippen LogP contribution in [0.4, 0.5) is 0 Å². The van der Waals surface area contributed by atoms with Gasteiger partial charge in [-0.3, -0.25) is 14.7 Å². The van der Waals surface area contributed by atoms with E-state index in [-0.39, 0.29) is 23.8 Å². The Morgan fingerprint density at radius 3 is 2.59 bits per heavy atom. The molecular formula is C20H30N4O3. The minimum atomic E-state index is -0.671. The fourth-order valence-electron chi connectivity index (χ4n) is 4.99. The summed E-state index contributed by atoms with van der Waals surface area (Å²) in [5.41, 5.74) is 1.51. The van der Waals surface area contributed by atoms with E-state index in [0.717, 1.165) is 44.5 Å². The molecule has 2 heterocycles. The van der Waals surface area contributed by atoms with Gasteiger partial charge in [-0.2, -0.15) is 5.10 Å². The van der Waals surface area contributed by atoms with Gasteiger partial charge in [-0.15, -0.1) is 0 Å². The van der Waals surface area contributed by atoms with Crippen molar-refractivity contribution in [2.24, 2.45) is 5.92 Å². The number of carbonyl (C=O) groups is 2. The first-order valence-corrected chi connectivity index (χ1v) is 10.4. The molecule has 7 nitrogen and oxygen atoms in total.